The molecular formula is C10H16O. The van der Waals surface area contributed by atoms with Crippen molar-refractivity contribution in [2.24, 2.45) is 17.8 Å². The van der Waals surface area contributed by atoms with Crippen molar-refractivity contribution >= 4 is 6.29 Å². The third-order valence-electron chi connectivity index (χ3n) is 3.41. The number of hydrogen-bond acceptors (Lipinski definition) is 1. The predicted octanol–water partition coefficient (Wildman–Crippen LogP) is 2.40. The highest BCUT2D eigenvalue weighted by molar-refractivity contribution is 5.49. The number of rotatable bonds is 2. The van der Waals surface area contributed by atoms with Crippen LogP contribution in [-0.2, 0) is 4.79 Å². The molecule has 2 aliphatic carbocycles. The summed E-state index contributed by atoms with van der Waals surface area (Å²) in [6, 6.07) is 0. The van der Waals surface area contributed by atoms with E-state index in [-0.39, 0.29) is 0 Å². The van der Waals surface area contributed by atoms with E-state index < -0.39 is 0 Å². The zero-order valence-corrected chi connectivity index (χ0v) is 6.96. The summed E-state index contributed by atoms with van der Waals surface area (Å²) in [7, 11) is 0. The number of fused-ring (bicyclic) bond motifs is 2. The normalized spacial score (nSPS) is 42.4. The molecule has 2 fully saturated rings. The molecule has 2 atom stereocenters. The second kappa shape index (κ2) is 2.96. The number of hydrogen-bond donors (Lipinski definition) is 0. The Labute approximate surface area is 68.2 Å². The zero-order chi connectivity index (χ0) is 7.68. The van der Waals surface area contributed by atoms with Gasteiger partial charge in [-0.1, -0.05) is 12.8 Å². The number of carbonyl (C=O) groups excluding carboxylic acids is 1. The molecule has 0 saturated heterocycles. The predicted molar refractivity (Wildman–Crippen MR) is 44.2 cm³/mol. The van der Waals surface area contributed by atoms with E-state index in [1.54, 1.807) is 0 Å². The van der Waals surface area contributed by atoms with Gasteiger partial charge in [0, 0.05) is 6.42 Å². The summed E-state index contributed by atoms with van der Waals surface area (Å²) >= 11 is 0. The molecule has 0 N–H and O–H groups in total. The lowest BCUT2D eigenvalue weighted by Crippen LogP contribution is -2.15. The number of carbonyl (C=O) groups is 1. The van der Waals surface area contributed by atoms with Crippen molar-refractivity contribution in [1.82, 2.24) is 0 Å². The van der Waals surface area contributed by atoms with Gasteiger partial charge in [0.05, 0.1) is 0 Å². The summed E-state index contributed by atoms with van der Waals surface area (Å²) in [5.74, 6) is 2.72. The average Bonchev–Trinajstić information content (AvgIpc) is 2.32. The Morgan fingerprint density at radius 3 is 2.27 bits per heavy atom. The second-order valence-corrected chi connectivity index (χ2v) is 4.28. The monoisotopic (exact) mass is 152 g/mol. The SMILES string of the molecule is O=CCC1CC2CCC(C1)C2. The first-order valence-corrected chi connectivity index (χ1v) is 4.82. The van der Waals surface area contributed by atoms with Crippen LogP contribution in [0, 0.1) is 17.8 Å². The van der Waals surface area contributed by atoms with Crippen molar-refractivity contribution in [2.75, 3.05) is 0 Å². The van der Waals surface area contributed by atoms with Gasteiger partial charge in [0.2, 0.25) is 0 Å². The van der Waals surface area contributed by atoms with Gasteiger partial charge in [0.15, 0.2) is 0 Å². The van der Waals surface area contributed by atoms with E-state index in [1.807, 2.05) is 0 Å². The largest absolute Gasteiger partial charge is 0.303 e. The molecule has 0 spiro atoms. The van der Waals surface area contributed by atoms with E-state index in [2.05, 4.69) is 0 Å². The first kappa shape index (κ1) is 7.33. The van der Waals surface area contributed by atoms with E-state index in [0.29, 0.717) is 0 Å². The third kappa shape index (κ3) is 1.47. The summed E-state index contributed by atoms with van der Waals surface area (Å²) in [4.78, 5) is 10.3. The van der Waals surface area contributed by atoms with Gasteiger partial charge >= 0.3 is 0 Å². The Bertz CT molecular complexity index is 141. The van der Waals surface area contributed by atoms with Gasteiger partial charge < -0.3 is 4.79 Å². The molecule has 0 heterocycles. The first-order chi connectivity index (χ1) is 5.38. The van der Waals surface area contributed by atoms with Crippen LogP contribution < -0.4 is 0 Å². The Hall–Kier alpha value is -0.330. The molecule has 1 heteroatoms. The smallest absolute Gasteiger partial charge is 0.120 e. The summed E-state index contributed by atoms with van der Waals surface area (Å²) in [6.07, 6.45) is 8.97. The van der Waals surface area contributed by atoms with Gasteiger partial charge in [-0.05, 0) is 37.0 Å². The van der Waals surface area contributed by atoms with Crippen LogP contribution in [0.5, 0.6) is 0 Å². The minimum Gasteiger partial charge on any atom is -0.303 e. The van der Waals surface area contributed by atoms with Crippen LogP contribution in [0.1, 0.15) is 38.5 Å². The van der Waals surface area contributed by atoms with Gasteiger partial charge in [0.1, 0.15) is 6.29 Å². The maximum Gasteiger partial charge on any atom is 0.120 e. The summed E-state index contributed by atoms with van der Waals surface area (Å²) in [5, 5.41) is 0. The molecule has 2 rings (SSSR count). The van der Waals surface area contributed by atoms with Crippen molar-refractivity contribution in [3.05, 3.63) is 0 Å². The van der Waals surface area contributed by atoms with Crippen LogP contribution >= 0.6 is 0 Å². The molecule has 0 radical (unpaired) electrons. The number of aldehydes is 1. The van der Waals surface area contributed by atoms with E-state index in [1.165, 1.54) is 32.1 Å². The van der Waals surface area contributed by atoms with Crippen molar-refractivity contribution in [3.8, 4) is 0 Å². The topological polar surface area (TPSA) is 17.1 Å². The van der Waals surface area contributed by atoms with Gasteiger partial charge in [-0.2, -0.15) is 0 Å². The lowest BCUT2D eigenvalue weighted by Gasteiger charge is -2.25. The van der Waals surface area contributed by atoms with Crippen molar-refractivity contribution < 1.29 is 4.79 Å². The van der Waals surface area contributed by atoms with Crippen molar-refractivity contribution in [3.63, 3.8) is 0 Å². The van der Waals surface area contributed by atoms with Gasteiger partial charge in [-0.3, -0.25) is 0 Å². The fourth-order valence-electron chi connectivity index (χ4n) is 2.97. The van der Waals surface area contributed by atoms with Gasteiger partial charge in [0.25, 0.3) is 0 Å². The lowest BCUT2D eigenvalue weighted by molar-refractivity contribution is -0.108. The van der Waals surface area contributed by atoms with Crippen molar-refractivity contribution in [2.45, 2.75) is 38.5 Å². The third-order valence-corrected chi connectivity index (χ3v) is 3.41. The minimum atomic E-state index is 0.749. The highest BCUT2D eigenvalue weighted by Crippen LogP contribution is 2.45. The quantitative estimate of drug-likeness (QED) is 0.555. The van der Waals surface area contributed by atoms with Crippen LogP contribution in [0.3, 0.4) is 0 Å². The van der Waals surface area contributed by atoms with Crippen LogP contribution in [0.25, 0.3) is 0 Å². The molecule has 0 aromatic carbocycles. The highest BCUT2D eigenvalue weighted by Gasteiger charge is 2.33. The fourth-order valence-corrected chi connectivity index (χ4v) is 2.97. The van der Waals surface area contributed by atoms with E-state index >= 15 is 0 Å². The molecule has 0 amide bonds. The molecule has 0 aromatic heterocycles. The Morgan fingerprint density at radius 2 is 1.73 bits per heavy atom. The standard InChI is InChI=1S/C10H16O/c11-4-3-10-6-8-1-2-9(5-8)7-10/h4,8-10H,1-3,5-7H2. The molecule has 62 valence electrons. The molecule has 2 aliphatic rings. The molecule has 0 aromatic rings. The molecule has 2 bridgehead atoms. The molecule has 2 saturated carbocycles. The zero-order valence-electron chi connectivity index (χ0n) is 6.96. The van der Waals surface area contributed by atoms with Crippen LogP contribution in [0.4, 0.5) is 0 Å². The molecular weight excluding hydrogens is 136 g/mol. The molecule has 1 nitrogen and oxygen atoms in total. The Kier molecular flexibility index (Phi) is 1.97. The maximum absolute atomic E-state index is 10.3. The van der Waals surface area contributed by atoms with E-state index in [4.69, 9.17) is 0 Å². The first-order valence-electron chi connectivity index (χ1n) is 4.82. The Morgan fingerprint density at radius 1 is 1.09 bits per heavy atom. The Balaban J connectivity index is 1.91. The lowest BCUT2D eigenvalue weighted by atomic mass is 9.80. The minimum absolute atomic E-state index is 0.749. The average molecular weight is 152 g/mol. The van der Waals surface area contributed by atoms with Crippen LogP contribution in [0.2, 0.25) is 0 Å². The maximum atomic E-state index is 10.3. The fraction of sp³-hybridized carbons (Fsp3) is 0.900. The van der Waals surface area contributed by atoms with Gasteiger partial charge in [-0.25, -0.2) is 0 Å². The summed E-state index contributed by atoms with van der Waals surface area (Å²) in [5.41, 5.74) is 0. The summed E-state index contributed by atoms with van der Waals surface area (Å²) < 4.78 is 0. The molecule has 11 heavy (non-hydrogen) atoms. The van der Waals surface area contributed by atoms with Crippen LogP contribution in [0.15, 0.2) is 0 Å². The summed E-state index contributed by atoms with van der Waals surface area (Å²) in [6.45, 7) is 0. The van der Waals surface area contributed by atoms with Crippen molar-refractivity contribution in [1.29, 1.82) is 0 Å². The molecule has 2 unspecified atom stereocenters. The molecule has 0 aliphatic heterocycles. The van der Waals surface area contributed by atoms with Gasteiger partial charge in [-0.15, -0.1) is 0 Å². The van der Waals surface area contributed by atoms with E-state index in [0.717, 1.165) is 30.5 Å². The second-order valence-electron chi connectivity index (χ2n) is 4.28. The van der Waals surface area contributed by atoms with E-state index in [9.17, 15) is 4.79 Å². The van der Waals surface area contributed by atoms with Crippen LogP contribution in [-0.4, -0.2) is 6.29 Å². The highest BCUT2D eigenvalue weighted by atomic mass is 16.1.